The van der Waals surface area contributed by atoms with Crippen molar-refractivity contribution in [3.05, 3.63) is 0 Å². The molecule has 84 heavy (non-hydrogen) atoms. The van der Waals surface area contributed by atoms with Crippen molar-refractivity contribution in [1.29, 1.82) is 0 Å². The highest BCUT2D eigenvalue weighted by molar-refractivity contribution is 7.47. The van der Waals surface area contributed by atoms with Crippen molar-refractivity contribution in [3.8, 4) is 0 Å². The van der Waals surface area contributed by atoms with Crippen molar-refractivity contribution in [2.45, 2.75) is 342 Å². The van der Waals surface area contributed by atoms with Crippen LogP contribution in [0.5, 0.6) is 0 Å². The van der Waals surface area contributed by atoms with Gasteiger partial charge in [-0.25, -0.2) is 9.13 Å². The van der Waals surface area contributed by atoms with E-state index in [1.807, 2.05) is 0 Å². The average molecular weight is 1240 g/mol. The average Bonchev–Trinajstić information content (AvgIpc) is 3.49. The molecule has 0 spiro atoms. The molecule has 3 N–H and O–H groups in total. The van der Waals surface area contributed by atoms with E-state index in [4.69, 9.17) is 37.0 Å². The molecule has 0 bridgehead atoms. The summed E-state index contributed by atoms with van der Waals surface area (Å²) in [6, 6.07) is 0. The van der Waals surface area contributed by atoms with Crippen molar-refractivity contribution in [2.75, 3.05) is 39.6 Å². The molecule has 17 nitrogen and oxygen atoms in total. The van der Waals surface area contributed by atoms with Gasteiger partial charge in [0.25, 0.3) is 0 Å². The Morgan fingerprint density at radius 1 is 0.321 bits per heavy atom. The summed E-state index contributed by atoms with van der Waals surface area (Å²) in [5.41, 5.74) is 0. The standard InChI is InChI=1S/C65H126O17P2/c1-7-9-11-13-15-17-19-20-21-22-24-30-38-44-50-65(70)81-60(53-75-62(67)47-41-35-28-26-25-27-33-39-45-57(3)4)55-79-83(71,72)77-51-59(66)52-78-84(73,74)80-56-61(54-76-63(68)48-42-36-32-31-34-40-46-58(5)6)82-64(69)49-43-37-29-23-18-16-14-12-10-8-2/h57-61,66H,7-56H2,1-6H3,(H,71,72)(H,73,74)/t59-,60-,61-/m1/s1. The summed E-state index contributed by atoms with van der Waals surface area (Å²) in [5, 5.41) is 10.5. The molecule has 0 saturated heterocycles. The third-order valence-corrected chi connectivity index (χ3v) is 16.9. The van der Waals surface area contributed by atoms with E-state index in [-0.39, 0.29) is 25.7 Å². The van der Waals surface area contributed by atoms with Crippen LogP contribution in [0.3, 0.4) is 0 Å². The number of hydrogen-bond donors (Lipinski definition) is 3. The minimum absolute atomic E-state index is 0.105. The van der Waals surface area contributed by atoms with Crippen LogP contribution in [0.15, 0.2) is 0 Å². The number of rotatable bonds is 64. The van der Waals surface area contributed by atoms with Crippen LogP contribution in [0.4, 0.5) is 0 Å². The molecular formula is C65H126O17P2. The molecule has 0 aliphatic rings. The lowest BCUT2D eigenvalue weighted by Crippen LogP contribution is -2.30. The Hall–Kier alpha value is -1.94. The molecule has 0 fully saturated rings. The molecule has 0 amide bonds. The van der Waals surface area contributed by atoms with Gasteiger partial charge < -0.3 is 33.8 Å². The van der Waals surface area contributed by atoms with E-state index in [1.165, 1.54) is 135 Å². The Morgan fingerprint density at radius 2 is 0.548 bits per heavy atom. The van der Waals surface area contributed by atoms with Crippen LogP contribution < -0.4 is 0 Å². The van der Waals surface area contributed by atoms with Crippen molar-refractivity contribution >= 4 is 39.5 Å². The van der Waals surface area contributed by atoms with Crippen molar-refractivity contribution in [1.82, 2.24) is 0 Å². The molecule has 0 radical (unpaired) electrons. The van der Waals surface area contributed by atoms with Gasteiger partial charge in [-0.3, -0.25) is 37.3 Å². The van der Waals surface area contributed by atoms with Gasteiger partial charge in [0.2, 0.25) is 0 Å². The van der Waals surface area contributed by atoms with Gasteiger partial charge in [0, 0.05) is 25.7 Å². The van der Waals surface area contributed by atoms with Gasteiger partial charge >= 0.3 is 39.5 Å². The van der Waals surface area contributed by atoms with Gasteiger partial charge in [-0.2, -0.15) is 0 Å². The molecule has 0 aliphatic heterocycles. The molecular weight excluding hydrogens is 1110 g/mol. The van der Waals surface area contributed by atoms with E-state index < -0.39 is 97.5 Å². The molecule has 2 unspecified atom stereocenters. The maximum atomic E-state index is 13.0. The first kappa shape index (κ1) is 82.1. The van der Waals surface area contributed by atoms with Gasteiger partial charge in [-0.15, -0.1) is 0 Å². The number of unbranched alkanes of at least 4 members (excludes halogenated alkanes) is 34. The van der Waals surface area contributed by atoms with E-state index >= 15 is 0 Å². The minimum Gasteiger partial charge on any atom is -0.462 e. The van der Waals surface area contributed by atoms with Crippen LogP contribution in [-0.2, 0) is 65.4 Å². The number of hydrogen-bond acceptors (Lipinski definition) is 15. The number of phosphoric ester groups is 2. The number of phosphoric acid groups is 2. The number of aliphatic hydroxyl groups excluding tert-OH is 1. The van der Waals surface area contributed by atoms with E-state index in [2.05, 4.69) is 41.5 Å². The Bertz CT molecular complexity index is 1650. The van der Waals surface area contributed by atoms with Gasteiger partial charge in [0.1, 0.15) is 19.3 Å². The SMILES string of the molecule is CCCCCCCCCCCCCCCCC(=O)O[C@H](COC(=O)CCCCCCCCCCC(C)C)COP(=O)(O)OC[C@@H](O)COP(=O)(O)OC[C@@H](COC(=O)CCCCCCCCC(C)C)OC(=O)CCCCCCCCCCCC. The first-order chi connectivity index (χ1) is 40.4. The Labute approximate surface area is 511 Å². The lowest BCUT2D eigenvalue weighted by molar-refractivity contribution is -0.161. The van der Waals surface area contributed by atoms with Crippen molar-refractivity contribution in [3.63, 3.8) is 0 Å². The second-order valence-corrected chi connectivity index (χ2v) is 27.4. The number of esters is 4. The first-order valence-electron chi connectivity index (χ1n) is 34.0. The second-order valence-electron chi connectivity index (χ2n) is 24.5. The number of carbonyl (C=O) groups excluding carboxylic acids is 4. The Kier molecular flexibility index (Phi) is 56.2. The normalized spacial score (nSPS) is 14.3. The van der Waals surface area contributed by atoms with Crippen LogP contribution in [-0.4, -0.2) is 96.7 Å². The summed E-state index contributed by atoms with van der Waals surface area (Å²) in [6.45, 7) is 9.38. The Morgan fingerprint density at radius 3 is 0.810 bits per heavy atom. The zero-order valence-corrected chi connectivity index (χ0v) is 56.0. The van der Waals surface area contributed by atoms with Gasteiger partial charge in [0.05, 0.1) is 26.4 Å². The molecule has 5 atom stereocenters. The molecule has 0 aliphatic carbocycles. The van der Waals surface area contributed by atoms with E-state index in [9.17, 15) is 43.2 Å². The predicted octanol–water partition coefficient (Wildman–Crippen LogP) is 18.0. The molecule has 0 aromatic carbocycles. The second kappa shape index (κ2) is 57.5. The molecule has 0 rings (SSSR count). The number of aliphatic hydroxyl groups is 1. The molecule has 0 heterocycles. The lowest BCUT2D eigenvalue weighted by Gasteiger charge is -2.21. The summed E-state index contributed by atoms with van der Waals surface area (Å²) in [6.07, 6.45) is 40.4. The van der Waals surface area contributed by atoms with E-state index in [0.29, 0.717) is 31.6 Å². The zero-order valence-electron chi connectivity index (χ0n) is 54.2. The smallest absolute Gasteiger partial charge is 0.462 e. The number of ether oxygens (including phenoxy) is 4. The fraction of sp³-hybridized carbons (Fsp3) is 0.938. The van der Waals surface area contributed by atoms with E-state index in [0.717, 1.165) is 102 Å². The largest absolute Gasteiger partial charge is 0.472 e. The maximum absolute atomic E-state index is 13.0. The summed E-state index contributed by atoms with van der Waals surface area (Å²) in [7, 11) is -9.89. The highest BCUT2D eigenvalue weighted by Gasteiger charge is 2.30. The van der Waals surface area contributed by atoms with Crippen LogP contribution in [0.2, 0.25) is 0 Å². The van der Waals surface area contributed by atoms with Gasteiger partial charge in [0.15, 0.2) is 12.2 Å². The summed E-state index contributed by atoms with van der Waals surface area (Å²) in [4.78, 5) is 72.2. The lowest BCUT2D eigenvalue weighted by atomic mass is 10.0. The van der Waals surface area contributed by atoms with Crippen LogP contribution in [0.25, 0.3) is 0 Å². The van der Waals surface area contributed by atoms with Crippen LogP contribution >= 0.6 is 15.6 Å². The number of carbonyl (C=O) groups is 4. The zero-order chi connectivity index (χ0) is 62.2. The third kappa shape index (κ3) is 59.0. The summed E-state index contributed by atoms with van der Waals surface area (Å²) < 4.78 is 68.0. The summed E-state index contributed by atoms with van der Waals surface area (Å²) >= 11 is 0. The van der Waals surface area contributed by atoms with Gasteiger partial charge in [-0.05, 0) is 37.5 Å². The molecule has 498 valence electrons. The van der Waals surface area contributed by atoms with Crippen LogP contribution in [0.1, 0.15) is 324 Å². The molecule has 0 aromatic heterocycles. The van der Waals surface area contributed by atoms with Gasteiger partial charge in [-0.1, -0.05) is 273 Å². The monoisotopic (exact) mass is 1240 g/mol. The third-order valence-electron chi connectivity index (χ3n) is 15.0. The fourth-order valence-electron chi connectivity index (χ4n) is 9.71. The maximum Gasteiger partial charge on any atom is 0.472 e. The highest BCUT2D eigenvalue weighted by Crippen LogP contribution is 2.45. The first-order valence-corrected chi connectivity index (χ1v) is 37.0. The summed E-state index contributed by atoms with van der Waals surface area (Å²) in [5.74, 6) is -0.727. The quantitative estimate of drug-likeness (QED) is 0.0222. The predicted molar refractivity (Wildman–Crippen MR) is 335 cm³/mol. The van der Waals surface area contributed by atoms with Crippen molar-refractivity contribution < 1.29 is 80.2 Å². The Balaban J connectivity index is 5.24. The molecule has 0 aromatic rings. The highest BCUT2D eigenvalue weighted by atomic mass is 31.2. The topological polar surface area (TPSA) is 237 Å². The van der Waals surface area contributed by atoms with E-state index in [1.54, 1.807) is 0 Å². The van der Waals surface area contributed by atoms with Crippen molar-refractivity contribution in [2.24, 2.45) is 11.8 Å². The fourth-order valence-corrected chi connectivity index (χ4v) is 11.3. The molecule has 19 heteroatoms. The van der Waals surface area contributed by atoms with Crippen LogP contribution in [0, 0.1) is 11.8 Å². The minimum atomic E-state index is -4.95. The molecule has 0 saturated carbocycles.